The lowest BCUT2D eigenvalue weighted by molar-refractivity contribution is 0.0954. The normalized spacial score (nSPS) is 12.2. The molecule has 0 aliphatic carbocycles. The zero-order valence-corrected chi connectivity index (χ0v) is 13.2. The van der Waals surface area contributed by atoms with Crippen molar-refractivity contribution in [2.24, 2.45) is 5.10 Å². The minimum Gasteiger partial charge on any atom is -0.493 e. The number of hydrogen-bond acceptors (Lipinski definition) is 6. The number of hydrogen-bond donors (Lipinski definition) is 1. The van der Waals surface area contributed by atoms with E-state index in [1.165, 1.54) is 6.21 Å². The Morgan fingerprint density at radius 1 is 1.08 bits per heavy atom. The SMILES string of the molecule is COc1ccc(/C=N/NC(=O)c2ccc3c(c2)OCO3)cc1OC. The quantitative estimate of drug-likeness (QED) is 0.672. The first-order chi connectivity index (χ1) is 11.7. The van der Waals surface area contributed by atoms with Crippen molar-refractivity contribution >= 4 is 12.1 Å². The van der Waals surface area contributed by atoms with Crippen LogP contribution >= 0.6 is 0 Å². The second-order valence-corrected chi connectivity index (χ2v) is 4.88. The summed E-state index contributed by atoms with van der Waals surface area (Å²) in [5, 5.41) is 3.95. The maximum absolute atomic E-state index is 12.1. The molecule has 0 fully saturated rings. The molecule has 0 unspecified atom stereocenters. The van der Waals surface area contributed by atoms with Crippen LogP contribution in [0.15, 0.2) is 41.5 Å². The fourth-order valence-electron chi connectivity index (χ4n) is 2.20. The van der Waals surface area contributed by atoms with Gasteiger partial charge in [0.1, 0.15) is 0 Å². The summed E-state index contributed by atoms with van der Waals surface area (Å²) in [6, 6.07) is 10.3. The molecule has 0 atom stereocenters. The second kappa shape index (κ2) is 6.91. The van der Waals surface area contributed by atoms with Gasteiger partial charge in [-0.2, -0.15) is 5.10 Å². The number of benzene rings is 2. The van der Waals surface area contributed by atoms with Gasteiger partial charge in [0.15, 0.2) is 23.0 Å². The third-order valence-corrected chi connectivity index (χ3v) is 3.42. The minimum atomic E-state index is -0.343. The van der Waals surface area contributed by atoms with E-state index in [2.05, 4.69) is 10.5 Å². The fraction of sp³-hybridized carbons (Fsp3) is 0.176. The molecule has 0 spiro atoms. The summed E-state index contributed by atoms with van der Waals surface area (Å²) in [5.74, 6) is 2.04. The van der Waals surface area contributed by atoms with Gasteiger partial charge in [-0.05, 0) is 42.0 Å². The van der Waals surface area contributed by atoms with Crippen molar-refractivity contribution in [3.05, 3.63) is 47.5 Å². The monoisotopic (exact) mass is 328 g/mol. The van der Waals surface area contributed by atoms with Gasteiger partial charge < -0.3 is 18.9 Å². The summed E-state index contributed by atoms with van der Waals surface area (Å²) in [5.41, 5.74) is 3.66. The van der Waals surface area contributed by atoms with Gasteiger partial charge in [-0.15, -0.1) is 0 Å². The summed E-state index contributed by atoms with van der Waals surface area (Å²) < 4.78 is 20.8. The van der Waals surface area contributed by atoms with Crippen LogP contribution in [0.2, 0.25) is 0 Å². The maximum atomic E-state index is 12.1. The van der Waals surface area contributed by atoms with Crippen LogP contribution in [0.5, 0.6) is 23.0 Å². The van der Waals surface area contributed by atoms with E-state index in [9.17, 15) is 4.79 Å². The number of hydrazone groups is 1. The standard InChI is InChI=1S/C17H16N2O5/c1-21-13-5-3-11(7-15(13)22-2)9-18-19-17(20)12-4-6-14-16(8-12)24-10-23-14/h3-9H,10H2,1-2H3,(H,19,20)/b18-9+. The number of rotatable bonds is 5. The molecule has 2 aromatic carbocycles. The minimum absolute atomic E-state index is 0.165. The average molecular weight is 328 g/mol. The Labute approximate surface area is 138 Å². The number of amides is 1. The van der Waals surface area contributed by atoms with Crippen LogP contribution in [0.25, 0.3) is 0 Å². The Morgan fingerprint density at radius 3 is 2.67 bits per heavy atom. The van der Waals surface area contributed by atoms with E-state index in [0.717, 1.165) is 5.56 Å². The maximum Gasteiger partial charge on any atom is 0.271 e. The first kappa shape index (κ1) is 15.7. The van der Waals surface area contributed by atoms with Gasteiger partial charge in [-0.25, -0.2) is 5.43 Å². The third-order valence-electron chi connectivity index (χ3n) is 3.42. The van der Waals surface area contributed by atoms with E-state index < -0.39 is 0 Å². The van der Waals surface area contributed by atoms with Crippen LogP contribution in [0.4, 0.5) is 0 Å². The van der Waals surface area contributed by atoms with E-state index in [0.29, 0.717) is 28.6 Å². The number of nitrogens with zero attached hydrogens (tertiary/aromatic N) is 1. The van der Waals surface area contributed by atoms with Gasteiger partial charge >= 0.3 is 0 Å². The molecule has 2 aromatic rings. The molecule has 1 aliphatic heterocycles. The lowest BCUT2D eigenvalue weighted by Gasteiger charge is -2.07. The van der Waals surface area contributed by atoms with Crippen LogP contribution in [0.3, 0.4) is 0 Å². The molecule has 1 N–H and O–H groups in total. The molecule has 0 aromatic heterocycles. The van der Waals surface area contributed by atoms with Crippen molar-refractivity contribution in [3.63, 3.8) is 0 Å². The van der Waals surface area contributed by atoms with Crippen molar-refractivity contribution < 1.29 is 23.7 Å². The molecular formula is C17H16N2O5. The molecule has 24 heavy (non-hydrogen) atoms. The van der Waals surface area contributed by atoms with Crippen LogP contribution in [0.1, 0.15) is 15.9 Å². The first-order valence-electron chi connectivity index (χ1n) is 7.16. The highest BCUT2D eigenvalue weighted by atomic mass is 16.7. The Bertz CT molecular complexity index is 789. The molecule has 7 heteroatoms. The number of carbonyl (C=O) groups is 1. The lowest BCUT2D eigenvalue weighted by Crippen LogP contribution is -2.17. The van der Waals surface area contributed by atoms with Crippen molar-refractivity contribution in [2.75, 3.05) is 21.0 Å². The summed E-state index contributed by atoms with van der Waals surface area (Å²) in [7, 11) is 3.12. The molecule has 3 rings (SSSR count). The Balaban J connectivity index is 1.66. The molecule has 0 saturated heterocycles. The van der Waals surface area contributed by atoms with Gasteiger partial charge in [-0.3, -0.25) is 4.79 Å². The number of nitrogens with one attached hydrogen (secondary N) is 1. The zero-order valence-electron chi connectivity index (χ0n) is 13.2. The molecule has 124 valence electrons. The molecular weight excluding hydrogens is 312 g/mol. The summed E-state index contributed by atoms with van der Waals surface area (Å²) in [6.45, 7) is 0.165. The van der Waals surface area contributed by atoms with Crippen molar-refractivity contribution in [2.45, 2.75) is 0 Å². The van der Waals surface area contributed by atoms with Crippen LogP contribution < -0.4 is 24.4 Å². The van der Waals surface area contributed by atoms with Crippen molar-refractivity contribution in [1.29, 1.82) is 0 Å². The lowest BCUT2D eigenvalue weighted by atomic mass is 10.2. The Hall–Kier alpha value is -3.22. The number of carbonyl (C=O) groups excluding carboxylic acids is 1. The number of methoxy groups -OCH3 is 2. The van der Waals surface area contributed by atoms with E-state index >= 15 is 0 Å². The molecule has 0 radical (unpaired) electrons. The summed E-state index contributed by atoms with van der Waals surface area (Å²) in [6.07, 6.45) is 1.52. The first-order valence-corrected chi connectivity index (χ1v) is 7.16. The van der Waals surface area contributed by atoms with Gasteiger partial charge in [0.25, 0.3) is 5.91 Å². The Kier molecular flexibility index (Phi) is 4.51. The number of fused-ring (bicyclic) bond motifs is 1. The predicted octanol–water partition coefficient (Wildman–Crippen LogP) is 2.20. The van der Waals surface area contributed by atoms with Crippen LogP contribution in [-0.4, -0.2) is 33.1 Å². The zero-order chi connectivity index (χ0) is 16.9. The van der Waals surface area contributed by atoms with Crippen molar-refractivity contribution in [1.82, 2.24) is 5.43 Å². The smallest absolute Gasteiger partial charge is 0.271 e. The Morgan fingerprint density at radius 2 is 1.88 bits per heavy atom. The number of ether oxygens (including phenoxy) is 4. The van der Waals surface area contributed by atoms with Gasteiger partial charge in [-0.1, -0.05) is 0 Å². The predicted molar refractivity (Wildman–Crippen MR) is 87.2 cm³/mol. The summed E-state index contributed by atoms with van der Waals surface area (Å²) in [4.78, 5) is 12.1. The van der Waals surface area contributed by atoms with E-state index in [1.54, 1.807) is 50.6 Å². The topological polar surface area (TPSA) is 78.4 Å². The molecule has 1 heterocycles. The highest BCUT2D eigenvalue weighted by Crippen LogP contribution is 2.32. The largest absolute Gasteiger partial charge is 0.493 e. The molecule has 7 nitrogen and oxygen atoms in total. The van der Waals surface area contributed by atoms with E-state index in [-0.39, 0.29) is 12.7 Å². The van der Waals surface area contributed by atoms with E-state index in [1.807, 2.05) is 0 Å². The summed E-state index contributed by atoms with van der Waals surface area (Å²) >= 11 is 0. The fourth-order valence-corrected chi connectivity index (χ4v) is 2.20. The van der Waals surface area contributed by atoms with Gasteiger partial charge in [0.2, 0.25) is 6.79 Å². The third kappa shape index (κ3) is 3.24. The second-order valence-electron chi connectivity index (χ2n) is 4.88. The molecule has 1 amide bonds. The molecule has 0 saturated carbocycles. The highest BCUT2D eigenvalue weighted by molar-refractivity contribution is 5.95. The van der Waals surface area contributed by atoms with Gasteiger partial charge in [0, 0.05) is 5.56 Å². The van der Waals surface area contributed by atoms with Crippen LogP contribution in [0, 0.1) is 0 Å². The van der Waals surface area contributed by atoms with Crippen molar-refractivity contribution in [3.8, 4) is 23.0 Å². The highest BCUT2D eigenvalue weighted by Gasteiger charge is 2.15. The van der Waals surface area contributed by atoms with E-state index in [4.69, 9.17) is 18.9 Å². The molecule has 1 aliphatic rings. The average Bonchev–Trinajstić information content (AvgIpc) is 3.09. The van der Waals surface area contributed by atoms with Gasteiger partial charge in [0.05, 0.1) is 20.4 Å². The molecule has 0 bridgehead atoms. The van der Waals surface area contributed by atoms with Crippen LogP contribution in [-0.2, 0) is 0 Å².